The Hall–Kier alpha value is -1.72. The summed E-state index contributed by atoms with van der Waals surface area (Å²) in [5.41, 5.74) is -0.533. The molecule has 0 amide bonds. The van der Waals surface area contributed by atoms with Crippen LogP contribution in [-0.4, -0.2) is 41.1 Å². The Labute approximate surface area is 163 Å². The number of unbranched alkanes of at least 4 members (excludes halogenated alkanes) is 4. The van der Waals surface area contributed by atoms with E-state index in [0.717, 1.165) is 50.4 Å². The van der Waals surface area contributed by atoms with Crippen LogP contribution in [0, 0.1) is 0 Å². The second-order valence-electron chi connectivity index (χ2n) is 6.97. The van der Waals surface area contributed by atoms with Gasteiger partial charge in [-0.2, -0.15) is 0 Å². The summed E-state index contributed by atoms with van der Waals surface area (Å²) in [5, 5.41) is 10.1. The second kappa shape index (κ2) is 13.4. The third-order valence-corrected chi connectivity index (χ3v) is 4.83. The molecular formula is C22H35NO4. The van der Waals surface area contributed by atoms with Gasteiger partial charge in [0.25, 0.3) is 0 Å². The molecule has 1 unspecified atom stereocenters. The van der Waals surface area contributed by atoms with Gasteiger partial charge < -0.3 is 14.6 Å². The lowest BCUT2D eigenvalue weighted by molar-refractivity contribution is -0.205. The van der Waals surface area contributed by atoms with Gasteiger partial charge in [0.05, 0.1) is 6.61 Å². The first-order valence-corrected chi connectivity index (χ1v) is 10.2. The highest BCUT2D eigenvalue weighted by atomic mass is 16.5. The molecule has 0 radical (unpaired) electrons. The van der Waals surface area contributed by atoms with E-state index in [0.29, 0.717) is 13.1 Å². The normalized spacial score (nSPS) is 13.4. The van der Waals surface area contributed by atoms with E-state index in [9.17, 15) is 14.7 Å². The molecule has 0 saturated heterocycles. The van der Waals surface area contributed by atoms with Crippen molar-refractivity contribution in [2.24, 2.45) is 0 Å². The monoisotopic (exact) mass is 377 g/mol. The van der Waals surface area contributed by atoms with Crippen molar-refractivity contribution in [2.75, 3.05) is 13.1 Å². The van der Waals surface area contributed by atoms with Gasteiger partial charge in [0.1, 0.15) is 6.29 Å². The van der Waals surface area contributed by atoms with Gasteiger partial charge in [-0.3, -0.25) is 4.90 Å². The van der Waals surface area contributed by atoms with Crippen LogP contribution in [0.4, 0.5) is 0 Å². The number of ether oxygens (including phenoxy) is 1. The van der Waals surface area contributed by atoms with E-state index in [4.69, 9.17) is 4.74 Å². The number of benzene rings is 1. The van der Waals surface area contributed by atoms with Crippen LogP contribution < -0.4 is 0 Å². The fourth-order valence-electron chi connectivity index (χ4n) is 3.24. The van der Waals surface area contributed by atoms with E-state index in [1.54, 1.807) is 0 Å². The molecule has 1 atom stereocenters. The number of nitrogens with zero attached hydrogens (tertiary/aromatic N) is 1. The smallest absolute Gasteiger partial charge is 0.351 e. The molecule has 0 saturated carbocycles. The number of aldehydes is 1. The lowest BCUT2D eigenvalue weighted by atomic mass is 10.0. The molecule has 0 aliphatic rings. The number of carboxylic acids is 1. The maximum Gasteiger partial charge on any atom is 0.351 e. The second-order valence-corrected chi connectivity index (χ2v) is 6.97. The first-order chi connectivity index (χ1) is 13.1. The van der Waals surface area contributed by atoms with E-state index >= 15 is 0 Å². The summed E-state index contributed by atoms with van der Waals surface area (Å²) in [4.78, 5) is 25.3. The van der Waals surface area contributed by atoms with Gasteiger partial charge >= 0.3 is 5.97 Å². The van der Waals surface area contributed by atoms with Crippen LogP contribution in [0.25, 0.3) is 0 Å². The largest absolute Gasteiger partial charge is 0.478 e. The molecule has 27 heavy (non-hydrogen) atoms. The van der Waals surface area contributed by atoms with Crippen LogP contribution in [0.1, 0.15) is 70.8 Å². The lowest BCUT2D eigenvalue weighted by Crippen LogP contribution is -2.57. The highest BCUT2D eigenvalue weighted by molar-refractivity contribution is 5.77. The number of aliphatic carboxylic acids is 1. The minimum Gasteiger partial charge on any atom is -0.478 e. The van der Waals surface area contributed by atoms with Gasteiger partial charge in [-0.05, 0) is 18.4 Å². The van der Waals surface area contributed by atoms with Gasteiger partial charge in [-0.25, -0.2) is 4.79 Å². The van der Waals surface area contributed by atoms with Crippen LogP contribution in [-0.2, 0) is 20.9 Å². The first-order valence-electron chi connectivity index (χ1n) is 10.2. The van der Waals surface area contributed by atoms with Crippen molar-refractivity contribution in [3.05, 3.63) is 35.9 Å². The van der Waals surface area contributed by atoms with E-state index in [-0.39, 0.29) is 19.4 Å². The molecule has 0 bridgehead atoms. The Morgan fingerprint density at radius 1 is 1.07 bits per heavy atom. The zero-order valence-corrected chi connectivity index (χ0v) is 16.9. The molecule has 0 aliphatic carbocycles. The molecule has 0 spiro atoms. The summed E-state index contributed by atoms with van der Waals surface area (Å²) in [6.45, 7) is 5.80. The zero-order valence-electron chi connectivity index (χ0n) is 16.9. The van der Waals surface area contributed by atoms with Crippen LogP contribution >= 0.6 is 0 Å². The Morgan fingerprint density at radius 3 is 2.15 bits per heavy atom. The third-order valence-electron chi connectivity index (χ3n) is 4.83. The number of rotatable bonds is 16. The van der Waals surface area contributed by atoms with E-state index in [2.05, 4.69) is 13.8 Å². The summed E-state index contributed by atoms with van der Waals surface area (Å²) in [7, 11) is 0. The zero-order chi connectivity index (χ0) is 20.0. The maximum absolute atomic E-state index is 12.4. The standard InChI is InChI=1S/C22H35NO4/c1-3-5-10-16-23(17-11-6-4-2)22(21(25)26,15-12-18-24)27-19-20-13-8-7-9-14-20/h7-9,13-14,18H,3-6,10-12,15-17,19H2,1-2H3,(H,25,26). The Bertz CT molecular complexity index is 524. The molecule has 5 nitrogen and oxygen atoms in total. The third kappa shape index (κ3) is 7.81. The van der Waals surface area contributed by atoms with Crippen molar-refractivity contribution in [3.8, 4) is 0 Å². The molecule has 1 aromatic rings. The summed E-state index contributed by atoms with van der Waals surface area (Å²) in [6.07, 6.45) is 7.19. The predicted molar refractivity (Wildman–Crippen MR) is 108 cm³/mol. The van der Waals surface area contributed by atoms with Gasteiger partial charge in [-0.1, -0.05) is 69.9 Å². The predicted octanol–water partition coefficient (Wildman–Crippen LogP) is 4.65. The number of hydrogen-bond donors (Lipinski definition) is 1. The average molecular weight is 378 g/mol. The Morgan fingerprint density at radius 2 is 1.67 bits per heavy atom. The van der Waals surface area contributed by atoms with Crippen molar-refractivity contribution in [1.82, 2.24) is 4.90 Å². The van der Waals surface area contributed by atoms with Crippen molar-refractivity contribution >= 4 is 12.3 Å². The van der Waals surface area contributed by atoms with Gasteiger partial charge in [-0.15, -0.1) is 0 Å². The molecule has 152 valence electrons. The topological polar surface area (TPSA) is 66.8 Å². The molecule has 5 heteroatoms. The molecule has 1 N–H and O–H groups in total. The number of carbonyl (C=O) groups excluding carboxylic acids is 1. The highest BCUT2D eigenvalue weighted by Gasteiger charge is 2.44. The van der Waals surface area contributed by atoms with Crippen LogP contribution in [0.3, 0.4) is 0 Å². The SMILES string of the molecule is CCCCCN(CCCCC)C(CCC=O)(OCc1ccccc1)C(=O)O. The van der Waals surface area contributed by atoms with E-state index in [1.807, 2.05) is 35.2 Å². The summed E-state index contributed by atoms with van der Waals surface area (Å²) >= 11 is 0. The Balaban J connectivity index is 3.04. The van der Waals surface area contributed by atoms with Crippen molar-refractivity contribution < 1.29 is 19.4 Å². The van der Waals surface area contributed by atoms with E-state index < -0.39 is 11.7 Å². The molecule has 0 aromatic heterocycles. The number of hydrogen-bond acceptors (Lipinski definition) is 4. The van der Waals surface area contributed by atoms with Crippen molar-refractivity contribution in [2.45, 2.75) is 77.5 Å². The fraction of sp³-hybridized carbons (Fsp3) is 0.636. The van der Waals surface area contributed by atoms with Gasteiger partial charge in [0, 0.05) is 25.9 Å². The summed E-state index contributed by atoms with van der Waals surface area (Å²) in [6, 6.07) is 9.58. The fourth-order valence-corrected chi connectivity index (χ4v) is 3.24. The molecular weight excluding hydrogens is 342 g/mol. The first kappa shape index (κ1) is 23.3. The van der Waals surface area contributed by atoms with Gasteiger partial charge in [0.2, 0.25) is 5.72 Å². The van der Waals surface area contributed by atoms with E-state index in [1.165, 1.54) is 0 Å². The van der Waals surface area contributed by atoms with Crippen LogP contribution in [0.5, 0.6) is 0 Å². The summed E-state index contributed by atoms with van der Waals surface area (Å²) < 4.78 is 6.07. The minimum atomic E-state index is -1.46. The molecule has 1 rings (SSSR count). The average Bonchev–Trinajstić information content (AvgIpc) is 2.68. The minimum absolute atomic E-state index is 0.164. The molecule has 0 aliphatic heterocycles. The Kier molecular flexibility index (Phi) is 11.6. The van der Waals surface area contributed by atoms with Crippen molar-refractivity contribution in [3.63, 3.8) is 0 Å². The molecule has 0 heterocycles. The highest BCUT2D eigenvalue weighted by Crippen LogP contribution is 2.27. The number of carboxylic acid groups (broad SMARTS) is 1. The molecule has 1 aromatic carbocycles. The quantitative estimate of drug-likeness (QED) is 0.258. The van der Waals surface area contributed by atoms with Crippen molar-refractivity contribution in [1.29, 1.82) is 0 Å². The molecule has 0 fully saturated rings. The van der Waals surface area contributed by atoms with Crippen LogP contribution in [0.15, 0.2) is 30.3 Å². The lowest BCUT2D eigenvalue weighted by Gasteiger charge is -2.40. The maximum atomic E-state index is 12.4. The summed E-state index contributed by atoms with van der Waals surface area (Å²) in [5.74, 6) is -1.01. The van der Waals surface area contributed by atoms with Crippen LogP contribution in [0.2, 0.25) is 0 Å². The van der Waals surface area contributed by atoms with Gasteiger partial charge in [0.15, 0.2) is 0 Å². The number of carbonyl (C=O) groups is 2.